The average molecular weight is 363 g/mol. The number of amides is 1. The predicted molar refractivity (Wildman–Crippen MR) is 95.5 cm³/mol. The predicted octanol–water partition coefficient (Wildman–Crippen LogP) is 1.65. The number of thioether (sulfide) groups is 1. The van der Waals surface area contributed by atoms with Crippen LogP contribution in [0.1, 0.15) is 18.7 Å². The third kappa shape index (κ3) is 3.96. The third-order valence-electron chi connectivity index (χ3n) is 4.31. The lowest BCUT2D eigenvalue weighted by molar-refractivity contribution is -0.139. The van der Waals surface area contributed by atoms with E-state index in [1.807, 2.05) is 35.1 Å². The molecular weight excluding hydrogens is 342 g/mol. The van der Waals surface area contributed by atoms with Crippen molar-refractivity contribution < 1.29 is 19.4 Å². The highest BCUT2D eigenvalue weighted by Crippen LogP contribution is 2.23. The first-order valence-electron chi connectivity index (χ1n) is 8.07. The van der Waals surface area contributed by atoms with Crippen molar-refractivity contribution in [1.82, 2.24) is 14.9 Å². The molecule has 0 spiro atoms. The van der Waals surface area contributed by atoms with Gasteiger partial charge in [-0.3, -0.25) is 9.59 Å². The second-order valence-corrected chi connectivity index (χ2v) is 7.10. The molecule has 3 rings (SSSR count). The molecule has 2 aromatic rings. The monoisotopic (exact) mass is 363 g/mol. The van der Waals surface area contributed by atoms with Crippen molar-refractivity contribution in [3.05, 3.63) is 30.1 Å². The van der Waals surface area contributed by atoms with Crippen LogP contribution in [0.4, 0.5) is 0 Å². The van der Waals surface area contributed by atoms with Crippen molar-refractivity contribution in [1.29, 1.82) is 0 Å². The van der Waals surface area contributed by atoms with Gasteiger partial charge in [0.2, 0.25) is 5.91 Å². The van der Waals surface area contributed by atoms with Crippen LogP contribution in [0.3, 0.4) is 0 Å². The molecule has 0 radical (unpaired) electrons. The number of ether oxygens (including phenoxy) is 1. The number of carboxylic acids is 1. The Kier molecular flexibility index (Phi) is 5.29. The number of imidazole rings is 1. The van der Waals surface area contributed by atoms with Gasteiger partial charge in [-0.25, -0.2) is 4.98 Å². The van der Waals surface area contributed by atoms with Crippen molar-refractivity contribution in [2.45, 2.75) is 30.7 Å². The number of para-hydroxylation sites is 2. The first-order chi connectivity index (χ1) is 12.0. The molecule has 1 fully saturated rings. The molecule has 0 saturated carbocycles. The van der Waals surface area contributed by atoms with Gasteiger partial charge >= 0.3 is 5.97 Å². The zero-order chi connectivity index (χ0) is 17.9. The molecule has 2 heterocycles. The fraction of sp³-hybridized carbons (Fsp3) is 0.471. The molecule has 1 saturated heterocycles. The van der Waals surface area contributed by atoms with E-state index >= 15 is 0 Å². The SMILES string of the molecule is CSCc1nc2ccccc2n1CC(=O)NC1(CC(=O)O)CCOC1. The van der Waals surface area contributed by atoms with Crippen molar-refractivity contribution in [3.8, 4) is 0 Å². The van der Waals surface area contributed by atoms with Gasteiger partial charge in [0.1, 0.15) is 12.4 Å². The van der Waals surface area contributed by atoms with Gasteiger partial charge in [-0.15, -0.1) is 0 Å². The van der Waals surface area contributed by atoms with Gasteiger partial charge in [-0.2, -0.15) is 11.8 Å². The quantitative estimate of drug-likeness (QED) is 0.777. The maximum atomic E-state index is 12.6. The Morgan fingerprint density at radius 1 is 1.44 bits per heavy atom. The zero-order valence-corrected chi connectivity index (χ0v) is 14.8. The van der Waals surface area contributed by atoms with E-state index in [4.69, 9.17) is 9.84 Å². The molecule has 1 unspecified atom stereocenters. The largest absolute Gasteiger partial charge is 0.481 e. The molecule has 1 atom stereocenters. The minimum Gasteiger partial charge on any atom is -0.481 e. The van der Waals surface area contributed by atoms with Crippen molar-refractivity contribution in [2.75, 3.05) is 19.5 Å². The highest BCUT2D eigenvalue weighted by Gasteiger charge is 2.38. The molecule has 1 aromatic heterocycles. The van der Waals surface area contributed by atoms with Gasteiger partial charge in [0.25, 0.3) is 0 Å². The molecule has 134 valence electrons. The number of rotatable bonds is 7. The van der Waals surface area contributed by atoms with E-state index in [1.165, 1.54) is 0 Å². The Labute approximate surface area is 149 Å². The lowest BCUT2D eigenvalue weighted by Gasteiger charge is -2.27. The number of aliphatic carboxylic acids is 1. The summed E-state index contributed by atoms with van der Waals surface area (Å²) in [4.78, 5) is 28.4. The maximum Gasteiger partial charge on any atom is 0.305 e. The first kappa shape index (κ1) is 17.8. The molecule has 0 aliphatic carbocycles. The van der Waals surface area contributed by atoms with Crippen LogP contribution in [-0.4, -0.2) is 51.5 Å². The minimum atomic E-state index is -0.943. The topological polar surface area (TPSA) is 93.5 Å². The van der Waals surface area contributed by atoms with Crippen LogP contribution in [0.5, 0.6) is 0 Å². The number of hydrogen-bond acceptors (Lipinski definition) is 5. The Balaban J connectivity index is 1.81. The second kappa shape index (κ2) is 7.45. The minimum absolute atomic E-state index is 0.109. The second-order valence-electron chi connectivity index (χ2n) is 6.24. The van der Waals surface area contributed by atoms with E-state index in [1.54, 1.807) is 11.8 Å². The van der Waals surface area contributed by atoms with E-state index in [-0.39, 0.29) is 25.5 Å². The Morgan fingerprint density at radius 3 is 2.92 bits per heavy atom. The smallest absolute Gasteiger partial charge is 0.305 e. The molecule has 1 amide bonds. The van der Waals surface area contributed by atoms with Crippen LogP contribution < -0.4 is 5.32 Å². The molecule has 7 nitrogen and oxygen atoms in total. The summed E-state index contributed by atoms with van der Waals surface area (Å²) in [6.07, 6.45) is 2.36. The van der Waals surface area contributed by atoms with Crippen LogP contribution in [0.2, 0.25) is 0 Å². The number of aromatic nitrogens is 2. The lowest BCUT2D eigenvalue weighted by Crippen LogP contribution is -2.51. The molecule has 0 bridgehead atoms. The van der Waals surface area contributed by atoms with Gasteiger partial charge in [0, 0.05) is 6.61 Å². The third-order valence-corrected chi connectivity index (χ3v) is 4.85. The molecule has 25 heavy (non-hydrogen) atoms. The van der Waals surface area contributed by atoms with E-state index < -0.39 is 11.5 Å². The standard InChI is InChI=1S/C17H21N3O4S/c1-25-10-14-18-12-4-2-3-5-13(12)20(14)9-15(21)19-17(8-16(22)23)6-7-24-11-17/h2-5H,6-11H2,1H3,(H,19,21)(H,22,23). The fourth-order valence-electron chi connectivity index (χ4n) is 3.20. The van der Waals surface area contributed by atoms with Crippen molar-refractivity contribution >= 4 is 34.7 Å². The number of carbonyl (C=O) groups is 2. The molecular formula is C17H21N3O4S. The number of hydrogen-bond donors (Lipinski definition) is 2. The summed E-state index contributed by atoms with van der Waals surface area (Å²) < 4.78 is 7.22. The molecule has 1 aromatic carbocycles. The Bertz CT molecular complexity index is 783. The molecule has 2 N–H and O–H groups in total. The van der Waals surface area contributed by atoms with Gasteiger partial charge < -0.3 is 19.7 Å². The zero-order valence-electron chi connectivity index (χ0n) is 14.0. The van der Waals surface area contributed by atoms with E-state index in [9.17, 15) is 9.59 Å². The summed E-state index contributed by atoms with van der Waals surface area (Å²) >= 11 is 1.64. The highest BCUT2D eigenvalue weighted by molar-refractivity contribution is 7.97. The fourth-order valence-corrected chi connectivity index (χ4v) is 3.68. The summed E-state index contributed by atoms with van der Waals surface area (Å²) in [5.41, 5.74) is 0.930. The van der Waals surface area contributed by atoms with Crippen LogP contribution >= 0.6 is 11.8 Å². The van der Waals surface area contributed by atoms with Gasteiger partial charge in [0.15, 0.2) is 0 Å². The molecule has 1 aliphatic rings. The number of carbonyl (C=O) groups excluding carboxylic acids is 1. The van der Waals surface area contributed by atoms with Crippen LogP contribution in [0.15, 0.2) is 24.3 Å². The summed E-state index contributed by atoms with van der Waals surface area (Å²) in [5.74, 6) is 0.365. The van der Waals surface area contributed by atoms with E-state index in [0.717, 1.165) is 16.9 Å². The Hall–Kier alpha value is -2.06. The van der Waals surface area contributed by atoms with Gasteiger partial charge in [-0.05, 0) is 24.8 Å². The first-order valence-corrected chi connectivity index (χ1v) is 9.46. The maximum absolute atomic E-state index is 12.6. The molecule has 1 aliphatic heterocycles. The van der Waals surface area contributed by atoms with Crippen LogP contribution in [0.25, 0.3) is 11.0 Å². The number of fused-ring (bicyclic) bond motifs is 1. The molecule has 8 heteroatoms. The summed E-state index contributed by atoms with van der Waals surface area (Å²) in [7, 11) is 0. The van der Waals surface area contributed by atoms with Crippen molar-refractivity contribution in [2.24, 2.45) is 0 Å². The number of nitrogens with one attached hydrogen (secondary N) is 1. The van der Waals surface area contributed by atoms with E-state index in [2.05, 4.69) is 10.3 Å². The van der Waals surface area contributed by atoms with E-state index in [0.29, 0.717) is 18.8 Å². The number of carboxylic acid groups (broad SMARTS) is 1. The van der Waals surface area contributed by atoms with Crippen LogP contribution in [-0.2, 0) is 26.6 Å². The van der Waals surface area contributed by atoms with Crippen molar-refractivity contribution in [3.63, 3.8) is 0 Å². The van der Waals surface area contributed by atoms with Gasteiger partial charge in [0.05, 0.1) is 35.4 Å². The summed E-state index contributed by atoms with van der Waals surface area (Å²) in [6, 6.07) is 7.69. The summed E-state index contributed by atoms with van der Waals surface area (Å²) in [5, 5.41) is 12.0. The normalized spacial score (nSPS) is 20.0. The Morgan fingerprint density at radius 2 is 2.24 bits per heavy atom. The van der Waals surface area contributed by atoms with Crippen LogP contribution in [0, 0.1) is 0 Å². The summed E-state index contributed by atoms with van der Waals surface area (Å²) in [6.45, 7) is 0.796. The van der Waals surface area contributed by atoms with Gasteiger partial charge in [-0.1, -0.05) is 12.1 Å². The highest BCUT2D eigenvalue weighted by atomic mass is 32.2. The lowest BCUT2D eigenvalue weighted by atomic mass is 9.94. The average Bonchev–Trinajstić information content (AvgIpc) is 3.13. The number of benzene rings is 1. The number of nitrogens with zero attached hydrogens (tertiary/aromatic N) is 2.